The van der Waals surface area contributed by atoms with E-state index in [0.717, 1.165) is 16.9 Å². The molecule has 2 aromatic rings. The molecule has 0 spiro atoms. The van der Waals surface area contributed by atoms with Crippen molar-refractivity contribution in [2.75, 3.05) is 6.61 Å². The van der Waals surface area contributed by atoms with Crippen molar-refractivity contribution in [3.8, 4) is 5.75 Å². The maximum absolute atomic E-state index is 10.8. The standard InChI is InChI=1S/C19H24O2/c1-6-21-17-9-7-16(8-10-17)19(20)18-14(4)12(2)11-13(3)15(18)5/h7-11,19-20H,6H2,1-5H3. The average Bonchev–Trinajstić information content (AvgIpc) is 2.46. The fourth-order valence-electron chi connectivity index (χ4n) is 2.74. The van der Waals surface area contributed by atoms with Gasteiger partial charge in [0.25, 0.3) is 0 Å². The topological polar surface area (TPSA) is 29.5 Å². The van der Waals surface area contributed by atoms with Crippen LogP contribution in [0.2, 0.25) is 0 Å². The lowest BCUT2D eigenvalue weighted by Gasteiger charge is -2.20. The van der Waals surface area contributed by atoms with Crippen LogP contribution >= 0.6 is 0 Å². The first kappa shape index (κ1) is 15.6. The Kier molecular flexibility index (Phi) is 4.69. The van der Waals surface area contributed by atoms with Gasteiger partial charge in [0.2, 0.25) is 0 Å². The van der Waals surface area contributed by atoms with E-state index in [4.69, 9.17) is 4.74 Å². The van der Waals surface area contributed by atoms with Gasteiger partial charge in [-0.1, -0.05) is 18.2 Å². The zero-order chi connectivity index (χ0) is 15.6. The van der Waals surface area contributed by atoms with Gasteiger partial charge < -0.3 is 9.84 Å². The molecule has 0 radical (unpaired) electrons. The molecule has 0 amide bonds. The number of rotatable bonds is 4. The van der Waals surface area contributed by atoms with Gasteiger partial charge in [0.05, 0.1) is 6.61 Å². The quantitative estimate of drug-likeness (QED) is 0.901. The average molecular weight is 284 g/mol. The second-order valence-corrected chi connectivity index (χ2v) is 5.58. The zero-order valence-electron chi connectivity index (χ0n) is 13.5. The molecule has 0 saturated heterocycles. The van der Waals surface area contributed by atoms with Crippen LogP contribution < -0.4 is 4.74 Å². The smallest absolute Gasteiger partial charge is 0.119 e. The van der Waals surface area contributed by atoms with Crippen molar-refractivity contribution in [3.05, 3.63) is 63.7 Å². The molecule has 0 aliphatic rings. The van der Waals surface area contributed by atoms with Gasteiger partial charge in [0.1, 0.15) is 11.9 Å². The first-order valence-electron chi connectivity index (χ1n) is 7.43. The predicted octanol–water partition coefficient (Wildman–Crippen LogP) is 4.40. The lowest BCUT2D eigenvalue weighted by atomic mass is 9.88. The highest BCUT2D eigenvalue weighted by molar-refractivity contribution is 5.48. The Hall–Kier alpha value is -1.80. The highest BCUT2D eigenvalue weighted by atomic mass is 16.5. The second-order valence-electron chi connectivity index (χ2n) is 5.58. The number of hydrogen-bond acceptors (Lipinski definition) is 2. The molecule has 1 N–H and O–H groups in total. The molecule has 112 valence electrons. The van der Waals surface area contributed by atoms with E-state index in [9.17, 15) is 5.11 Å². The number of aliphatic hydroxyl groups is 1. The summed E-state index contributed by atoms with van der Waals surface area (Å²) in [6, 6.07) is 9.88. The van der Waals surface area contributed by atoms with Crippen molar-refractivity contribution in [1.29, 1.82) is 0 Å². The third kappa shape index (κ3) is 3.11. The molecule has 0 bridgehead atoms. The molecule has 0 heterocycles. The fourth-order valence-corrected chi connectivity index (χ4v) is 2.74. The van der Waals surface area contributed by atoms with Gasteiger partial charge >= 0.3 is 0 Å². The van der Waals surface area contributed by atoms with Crippen LogP contribution in [0.5, 0.6) is 5.75 Å². The Labute approximate surface area is 127 Å². The minimum absolute atomic E-state index is 0.598. The monoisotopic (exact) mass is 284 g/mol. The van der Waals surface area contributed by atoms with E-state index in [0.29, 0.717) is 6.61 Å². The molecular formula is C19H24O2. The first-order chi connectivity index (χ1) is 9.95. The van der Waals surface area contributed by atoms with Crippen LogP contribution in [0.1, 0.15) is 46.4 Å². The Morgan fingerprint density at radius 2 is 1.48 bits per heavy atom. The van der Waals surface area contributed by atoms with E-state index in [-0.39, 0.29) is 0 Å². The summed E-state index contributed by atoms with van der Waals surface area (Å²) in [4.78, 5) is 0. The van der Waals surface area contributed by atoms with Crippen molar-refractivity contribution in [2.24, 2.45) is 0 Å². The van der Waals surface area contributed by atoms with Crippen molar-refractivity contribution in [2.45, 2.75) is 40.7 Å². The van der Waals surface area contributed by atoms with Crippen LogP contribution in [-0.4, -0.2) is 11.7 Å². The van der Waals surface area contributed by atoms with Crippen molar-refractivity contribution >= 4 is 0 Å². The second kappa shape index (κ2) is 6.31. The largest absolute Gasteiger partial charge is 0.494 e. The molecule has 1 unspecified atom stereocenters. The molecule has 0 aliphatic heterocycles. The minimum atomic E-state index is -0.598. The summed E-state index contributed by atoms with van der Waals surface area (Å²) in [5.74, 6) is 0.835. The van der Waals surface area contributed by atoms with Gasteiger partial charge in [-0.15, -0.1) is 0 Å². The summed E-state index contributed by atoms with van der Waals surface area (Å²) in [6.45, 7) is 11.0. The molecule has 2 rings (SSSR count). The van der Waals surface area contributed by atoms with Crippen LogP contribution in [0.3, 0.4) is 0 Å². The maximum Gasteiger partial charge on any atom is 0.119 e. The zero-order valence-corrected chi connectivity index (χ0v) is 13.5. The molecule has 0 aliphatic carbocycles. The SMILES string of the molecule is CCOc1ccc(C(O)c2c(C)c(C)cc(C)c2C)cc1. The van der Waals surface area contributed by atoms with Gasteiger partial charge in [-0.05, 0) is 80.1 Å². The van der Waals surface area contributed by atoms with Gasteiger partial charge in [-0.3, -0.25) is 0 Å². The molecule has 2 nitrogen and oxygen atoms in total. The summed E-state index contributed by atoms with van der Waals surface area (Å²) >= 11 is 0. The maximum atomic E-state index is 10.8. The number of ether oxygens (including phenoxy) is 1. The van der Waals surface area contributed by atoms with Crippen molar-refractivity contribution in [3.63, 3.8) is 0 Å². The fraction of sp³-hybridized carbons (Fsp3) is 0.368. The van der Waals surface area contributed by atoms with E-state index in [1.54, 1.807) is 0 Å². The van der Waals surface area contributed by atoms with Crippen LogP contribution in [0.4, 0.5) is 0 Å². The number of aryl methyl sites for hydroxylation is 2. The van der Waals surface area contributed by atoms with Gasteiger partial charge in [-0.25, -0.2) is 0 Å². The van der Waals surface area contributed by atoms with Crippen molar-refractivity contribution in [1.82, 2.24) is 0 Å². The van der Waals surface area contributed by atoms with E-state index in [2.05, 4.69) is 33.8 Å². The summed E-state index contributed by atoms with van der Waals surface area (Å²) in [7, 11) is 0. The van der Waals surface area contributed by atoms with E-state index in [1.165, 1.54) is 22.3 Å². The lowest BCUT2D eigenvalue weighted by Crippen LogP contribution is -2.07. The highest BCUT2D eigenvalue weighted by Gasteiger charge is 2.18. The number of aliphatic hydroxyl groups excluding tert-OH is 1. The van der Waals surface area contributed by atoms with Crippen LogP contribution in [-0.2, 0) is 0 Å². The summed E-state index contributed by atoms with van der Waals surface area (Å²) in [5.41, 5.74) is 6.70. The Morgan fingerprint density at radius 1 is 0.952 bits per heavy atom. The third-order valence-electron chi connectivity index (χ3n) is 4.20. The molecule has 2 aromatic carbocycles. The van der Waals surface area contributed by atoms with Crippen LogP contribution in [0.25, 0.3) is 0 Å². The first-order valence-corrected chi connectivity index (χ1v) is 7.43. The lowest BCUT2D eigenvalue weighted by molar-refractivity contribution is 0.218. The number of benzene rings is 2. The van der Waals surface area contributed by atoms with Crippen LogP contribution in [0.15, 0.2) is 30.3 Å². The molecule has 0 fully saturated rings. The molecular weight excluding hydrogens is 260 g/mol. The van der Waals surface area contributed by atoms with E-state index >= 15 is 0 Å². The van der Waals surface area contributed by atoms with Gasteiger partial charge in [0, 0.05) is 0 Å². The summed E-state index contributed by atoms with van der Waals surface area (Å²) in [6.07, 6.45) is -0.598. The predicted molar refractivity (Wildman–Crippen MR) is 87.1 cm³/mol. The molecule has 21 heavy (non-hydrogen) atoms. The Bertz CT molecular complexity index is 601. The molecule has 2 heteroatoms. The van der Waals surface area contributed by atoms with Gasteiger partial charge in [0.15, 0.2) is 0 Å². The number of hydrogen-bond donors (Lipinski definition) is 1. The molecule has 0 saturated carbocycles. The van der Waals surface area contributed by atoms with Crippen molar-refractivity contribution < 1.29 is 9.84 Å². The Morgan fingerprint density at radius 3 is 1.95 bits per heavy atom. The normalized spacial score (nSPS) is 12.3. The summed E-state index contributed by atoms with van der Waals surface area (Å²) in [5, 5.41) is 10.8. The molecule has 1 atom stereocenters. The van der Waals surface area contributed by atoms with Gasteiger partial charge in [-0.2, -0.15) is 0 Å². The summed E-state index contributed by atoms with van der Waals surface area (Å²) < 4.78 is 5.45. The minimum Gasteiger partial charge on any atom is -0.494 e. The van der Waals surface area contributed by atoms with E-state index < -0.39 is 6.10 Å². The Balaban J connectivity index is 2.42. The molecule has 0 aromatic heterocycles. The third-order valence-corrected chi connectivity index (χ3v) is 4.20. The van der Waals surface area contributed by atoms with E-state index in [1.807, 2.05) is 31.2 Å². The highest BCUT2D eigenvalue weighted by Crippen LogP contribution is 2.32. The van der Waals surface area contributed by atoms with Crippen LogP contribution in [0, 0.1) is 27.7 Å².